The molecule has 1 aliphatic heterocycles. The molecule has 7 heteroatoms. The van der Waals surface area contributed by atoms with Crippen LogP contribution in [-0.4, -0.2) is 39.0 Å². The summed E-state index contributed by atoms with van der Waals surface area (Å²) in [6.45, 7) is 2.12. The van der Waals surface area contributed by atoms with E-state index in [-0.39, 0.29) is 18.2 Å². The number of alkyl halides is 2. The molecule has 0 aliphatic carbocycles. The maximum absolute atomic E-state index is 14.5. The number of aromatic amines is 1. The number of aryl methyl sites for hydroxylation is 1. The molecule has 27 heavy (non-hydrogen) atoms. The lowest BCUT2D eigenvalue weighted by Crippen LogP contribution is -2.37. The number of hydrogen-bond donors (Lipinski definition) is 2. The van der Waals surface area contributed by atoms with Crippen LogP contribution in [0.15, 0.2) is 55.1 Å². The average molecular weight is 369 g/mol. The number of rotatable bonds is 5. The van der Waals surface area contributed by atoms with Gasteiger partial charge in [-0.05, 0) is 31.7 Å². The maximum atomic E-state index is 14.5. The number of fused-ring (bicyclic) bond motifs is 1. The van der Waals surface area contributed by atoms with Gasteiger partial charge in [0.1, 0.15) is 17.8 Å². The molecule has 2 N–H and O–H groups in total. The number of H-pyrrole nitrogens is 1. The Hall–Kier alpha value is -2.96. The number of hydrogen-bond acceptors (Lipinski definition) is 4. The van der Waals surface area contributed by atoms with Gasteiger partial charge in [0, 0.05) is 24.3 Å². The summed E-state index contributed by atoms with van der Waals surface area (Å²) in [4.78, 5) is 13.2. The lowest BCUT2D eigenvalue weighted by Gasteiger charge is -2.31. The highest BCUT2D eigenvalue weighted by Crippen LogP contribution is 2.30. The molecule has 0 amide bonds. The van der Waals surface area contributed by atoms with Crippen molar-refractivity contribution < 1.29 is 8.78 Å². The minimum Gasteiger partial charge on any atom is -0.371 e. The molecule has 140 valence electrons. The third-order valence-corrected chi connectivity index (χ3v) is 4.81. The van der Waals surface area contributed by atoms with E-state index in [1.807, 2.05) is 25.3 Å². The molecular formula is C20H21F2N5. The molecule has 0 spiro atoms. The van der Waals surface area contributed by atoms with Crippen LogP contribution < -0.4 is 5.32 Å². The first-order chi connectivity index (χ1) is 13.0. The Morgan fingerprint density at radius 2 is 2.04 bits per heavy atom. The molecule has 1 aromatic carbocycles. The van der Waals surface area contributed by atoms with E-state index in [1.165, 1.54) is 18.5 Å². The van der Waals surface area contributed by atoms with Crippen molar-refractivity contribution in [2.75, 3.05) is 18.4 Å². The second kappa shape index (κ2) is 6.98. The van der Waals surface area contributed by atoms with Gasteiger partial charge in [0.05, 0.1) is 11.9 Å². The van der Waals surface area contributed by atoms with E-state index in [4.69, 9.17) is 0 Å². The molecule has 0 bridgehead atoms. The van der Waals surface area contributed by atoms with Crippen molar-refractivity contribution in [3.8, 4) is 0 Å². The summed E-state index contributed by atoms with van der Waals surface area (Å²) in [7, 11) is 0. The van der Waals surface area contributed by atoms with Crippen molar-refractivity contribution >= 4 is 16.9 Å². The van der Waals surface area contributed by atoms with Crippen LogP contribution in [0, 0.1) is 6.92 Å². The zero-order chi connectivity index (χ0) is 18.9. The highest BCUT2D eigenvalue weighted by molar-refractivity contribution is 5.86. The second-order valence-corrected chi connectivity index (χ2v) is 6.88. The molecular weight excluding hydrogens is 348 g/mol. The normalized spacial score (nSPS) is 17.4. The Morgan fingerprint density at radius 1 is 1.22 bits per heavy atom. The van der Waals surface area contributed by atoms with Gasteiger partial charge in [0.25, 0.3) is 5.92 Å². The number of nitrogens with zero attached hydrogens (tertiary/aromatic N) is 3. The van der Waals surface area contributed by atoms with Gasteiger partial charge in [-0.1, -0.05) is 29.8 Å². The van der Waals surface area contributed by atoms with Gasteiger partial charge in [0.2, 0.25) is 0 Å². The Labute approximate surface area is 156 Å². The Bertz CT molecular complexity index is 948. The van der Waals surface area contributed by atoms with E-state index in [0.29, 0.717) is 6.54 Å². The van der Waals surface area contributed by atoms with E-state index >= 15 is 0 Å². The van der Waals surface area contributed by atoms with Crippen LogP contribution in [-0.2, 0) is 5.92 Å². The van der Waals surface area contributed by atoms with Crippen molar-refractivity contribution in [3.63, 3.8) is 0 Å². The summed E-state index contributed by atoms with van der Waals surface area (Å²) in [5.74, 6) is -2.14. The molecule has 1 aliphatic rings. The third-order valence-electron chi connectivity index (χ3n) is 4.81. The molecule has 3 aromatic rings. The zero-order valence-corrected chi connectivity index (χ0v) is 15.0. The van der Waals surface area contributed by atoms with Gasteiger partial charge in [-0.25, -0.2) is 9.97 Å². The van der Waals surface area contributed by atoms with Gasteiger partial charge in [-0.2, -0.15) is 8.78 Å². The summed E-state index contributed by atoms with van der Waals surface area (Å²) >= 11 is 0. The summed E-state index contributed by atoms with van der Waals surface area (Å²) in [5, 5.41) is 4.28. The molecule has 2 aromatic heterocycles. The molecule has 0 radical (unpaired) electrons. The molecule has 1 unspecified atom stereocenters. The lowest BCUT2D eigenvalue weighted by atomic mass is 10.0. The van der Waals surface area contributed by atoms with Gasteiger partial charge in [-0.15, -0.1) is 0 Å². The maximum Gasteiger partial charge on any atom is 0.290 e. The number of nitrogens with one attached hydrogen (secondary N) is 2. The van der Waals surface area contributed by atoms with Gasteiger partial charge in [-0.3, -0.25) is 0 Å². The SMILES string of the molecule is Cc1ccc(C(F)(F)CN2C=CC(Nc3ncnc4[nH]ccc34)CC2)cc1. The van der Waals surface area contributed by atoms with Crippen LogP contribution in [0.3, 0.4) is 0 Å². The third kappa shape index (κ3) is 3.77. The van der Waals surface area contributed by atoms with E-state index in [2.05, 4.69) is 20.3 Å². The number of aromatic nitrogens is 3. The number of benzene rings is 1. The summed E-state index contributed by atoms with van der Waals surface area (Å²) in [6, 6.07) is 8.41. The van der Waals surface area contributed by atoms with Gasteiger partial charge in [0.15, 0.2) is 0 Å². The van der Waals surface area contributed by atoms with Crippen LogP contribution in [0.25, 0.3) is 11.0 Å². The van der Waals surface area contributed by atoms with Crippen LogP contribution in [0.1, 0.15) is 17.5 Å². The van der Waals surface area contributed by atoms with Crippen LogP contribution in [0.2, 0.25) is 0 Å². The smallest absolute Gasteiger partial charge is 0.290 e. The van der Waals surface area contributed by atoms with E-state index in [0.717, 1.165) is 28.8 Å². The minimum atomic E-state index is -2.89. The Balaban J connectivity index is 1.41. The summed E-state index contributed by atoms with van der Waals surface area (Å²) < 4.78 is 29.1. The van der Waals surface area contributed by atoms with Gasteiger partial charge >= 0.3 is 0 Å². The number of anilines is 1. The zero-order valence-electron chi connectivity index (χ0n) is 15.0. The lowest BCUT2D eigenvalue weighted by molar-refractivity contribution is -0.0286. The monoisotopic (exact) mass is 369 g/mol. The van der Waals surface area contributed by atoms with Gasteiger partial charge < -0.3 is 15.2 Å². The van der Waals surface area contributed by atoms with E-state index in [1.54, 1.807) is 23.2 Å². The quantitative estimate of drug-likeness (QED) is 0.712. The first-order valence-electron chi connectivity index (χ1n) is 8.93. The summed E-state index contributed by atoms with van der Waals surface area (Å²) in [5.41, 5.74) is 1.80. The predicted octanol–water partition coefficient (Wildman–Crippen LogP) is 4.06. The minimum absolute atomic E-state index is 0.0437. The molecule has 3 heterocycles. The molecule has 4 rings (SSSR count). The second-order valence-electron chi connectivity index (χ2n) is 6.88. The fourth-order valence-electron chi connectivity index (χ4n) is 3.26. The topological polar surface area (TPSA) is 56.8 Å². The van der Waals surface area contributed by atoms with Crippen molar-refractivity contribution in [3.05, 3.63) is 66.3 Å². The first-order valence-corrected chi connectivity index (χ1v) is 8.93. The highest BCUT2D eigenvalue weighted by atomic mass is 19.3. The van der Waals surface area contributed by atoms with Crippen LogP contribution in [0.5, 0.6) is 0 Å². The highest BCUT2D eigenvalue weighted by Gasteiger charge is 2.34. The standard InChI is InChI=1S/C20H21F2N5/c1-14-2-4-15(5-3-14)20(21,22)12-27-10-7-16(8-11-27)26-19-17-6-9-23-18(17)24-13-25-19/h2-7,9-10,13,16H,8,11-12H2,1H3,(H2,23,24,25,26). The van der Waals surface area contributed by atoms with Crippen LogP contribution >= 0.6 is 0 Å². The van der Waals surface area contributed by atoms with Crippen LogP contribution in [0.4, 0.5) is 14.6 Å². The fraction of sp³-hybridized carbons (Fsp3) is 0.300. The molecule has 5 nitrogen and oxygen atoms in total. The summed E-state index contributed by atoms with van der Waals surface area (Å²) in [6.07, 6.45) is 7.70. The Kier molecular flexibility index (Phi) is 4.51. The predicted molar refractivity (Wildman–Crippen MR) is 102 cm³/mol. The molecule has 0 saturated heterocycles. The molecule has 1 atom stereocenters. The largest absolute Gasteiger partial charge is 0.371 e. The van der Waals surface area contributed by atoms with Crippen molar-refractivity contribution in [2.45, 2.75) is 25.3 Å². The first kappa shape index (κ1) is 17.5. The molecule has 0 saturated carbocycles. The molecule has 0 fully saturated rings. The average Bonchev–Trinajstić information content (AvgIpc) is 3.13. The van der Waals surface area contributed by atoms with E-state index in [9.17, 15) is 8.78 Å². The van der Waals surface area contributed by atoms with Crippen molar-refractivity contribution in [1.29, 1.82) is 0 Å². The Morgan fingerprint density at radius 3 is 2.78 bits per heavy atom. The van der Waals surface area contributed by atoms with Crippen molar-refractivity contribution in [1.82, 2.24) is 19.9 Å². The fourth-order valence-corrected chi connectivity index (χ4v) is 3.26. The number of halogens is 2. The van der Waals surface area contributed by atoms with Crippen molar-refractivity contribution in [2.24, 2.45) is 0 Å². The van der Waals surface area contributed by atoms with E-state index < -0.39 is 5.92 Å².